The second-order valence-electron chi connectivity index (χ2n) is 1.81. The Morgan fingerprint density at radius 2 is 1.73 bits per heavy atom. The van der Waals surface area contributed by atoms with Gasteiger partial charge in [0.25, 0.3) is 0 Å². The molecule has 0 aliphatic heterocycles. The van der Waals surface area contributed by atoms with Gasteiger partial charge in [0.2, 0.25) is 5.69 Å². The molecular formula is C7H2Cl3N. The first-order chi connectivity index (χ1) is 5.16. The molecule has 0 amide bonds. The SMILES string of the molecule is [C-]#[N+]c1ccc(Cl)c(Cl)c1Cl. The monoisotopic (exact) mass is 205 g/mol. The Bertz CT molecular complexity index is 327. The van der Waals surface area contributed by atoms with Crippen LogP contribution < -0.4 is 0 Å². The molecular weight excluding hydrogens is 204 g/mol. The van der Waals surface area contributed by atoms with E-state index in [0.29, 0.717) is 10.7 Å². The highest BCUT2D eigenvalue weighted by Crippen LogP contribution is 2.36. The van der Waals surface area contributed by atoms with Crippen molar-refractivity contribution in [2.75, 3.05) is 0 Å². The van der Waals surface area contributed by atoms with Gasteiger partial charge in [0.05, 0.1) is 21.6 Å². The molecule has 0 atom stereocenters. The summed E-state index contributed by atoms with van der Waals surface area (Å²) in [5.74, 6) is 0. The van der Waals surface area contributed by atoms with Crippen LogP contribution in [0.5, 0.6) is 0 Å². The van der Waals surface area contributed by atoms with Gasteiger partial charge >= 0.3 is 0 Å². The maximum atomic E-state index is 6.69. The lowest BCUT2D eigenvalue weighted by Gasteiger charge is -1.98. The van der Waals surface area contributed by atoms with Crippen LogP contribution in [-0.4, -0.2) is 0 Å². The van der Waals surface area contributed by atoms with E-state index in [-0.39, 0.29) is 10.0 Å². The molecule has 0 bridgehead atoms. The van der Waals surface area contributed by atoms with Crippen LogP contribution in [0.25, 0.3) is 4.85 Å². The summed E-state index contributed by atoms with van der Waals surface area (Å²) in [6, 6.07) is 3.08. The Morgan fingerprint density at radius 1 is 1.09 bits per heavy atom. The highest BCUT2D eigenvalue weighted by molar-refractivity contribution is 6.49. The number of hydrogen-bond donors (Lipinski definition) is 0. The largest absolute Gasteiger partial charge is 0.237 e. The lowest BCUT2D eigenvalue weighted by molar-refractivity contribution is 1.71. The highest BCUT2D eigenvalue weighted by atomic mass is 35.5. The zero-order valence-electron chi connectivity index (χ0n) is 5.24. The summed E-state index contributed by atoms with van der Waals surface area (Å²) in [7, 11) is 0. The first-order valence-electron chi connectivity index (χ1n) is 2.67. The number of benzene rings is 1. The number of hydrogen-bond acceptors (Lipinski definition) is 0. The summed E-state index contributed by atoms with van der Waals surface area (Å²) in [5, 5.41) is 0.820. The molecule has 0 heterocycles. The summed E-state index contributed by atoms with van der Waals surface area (Å²) < 4.78 is 0. The molecule has 0 aromatic heterocycles. The quantitative estimate of drug-likeness (QED) is 0.443. The van der Waals surface area contributed by atoms with Gasteiger partial charge in [-0.05, 0) is 0 Å². The molecule has 1 aromatic carbocycles. The Morgan fingerprint density at radius 3 is 2.27 bits per heavy atom. The van der Waals surface area contributed by atoms with E-state index in [9.17, 15) is 0 Å². The van der Waals surface area contributed by atoms with Crippen molar-refractivity contribution < 1.29 is 0 Å². The second-order valence-corrected chi connectivity index (χ2v) is 2.97. The summed E-state index contributed by atoms with van der Waals surface area (Å²) in [4.78, 5) is 3.15. The Labute approximate surface area is 79.3 Å². The van der Waals surface area contributed by atoms with E-state index in [1.807, 2.05) is 0 Å². The summed E-state index contributed by atoms with van der Waals surface area (Å²) >= 11 is 16.9. The predicted octanol–water partition coefficient (Wildman–Crippen LogP) is 4.20. The predicted molar refractivity (Wildman–Crippen MR) is 47.7 cm³/mol. The standard InChI is InChI=1S/C7H2Cl3N/c1-11-5-3-2-4(8)6(9)7(5)10/h2-3H. The summed E-state index contributed by atoms with van der Waals surface area (Å²) in [6.07, 6.45) is 0. The second kappa shape index (κ2) is 3.32. The lowest BCUT2D eigenvalue weighted by Crippen LogP contribution is -1.70. The molecule has 0 saturated carbocycles. The maximum absolute atomic E-state index is 6.69. The van der Waals surface area contributed by atoms with E-state index >= 15 is 0 Å². The van der Waals surface area contributed by atoms with Gasteiger partial charge in [0, 0.05) is 0 Å². The van der Waals surface area contributed by atoms with Crippen LogP contribution in [0, 0.1) is 6.57 Å². The summed E-state index contributed by atoms with van der Waals surface area (Å²) in [6.45, 7) is 6.69. The normalized spacial score (nSPS) is 9.27. The first-order valence-corrected chi connectivity index (χ1v) is 3.81. The number of halogens is 3. The maximum Gasteiger partial charge on any atom is 0.207 e. The molecule has 0 N–H and O–H groups in total. The van der Waals surface area contributed by atoms with Crippen molar-refractivity contribution in [3.63, 3.8) is 0 Å². The van der Waals surface area contributed by atoms with E-state index in [1.54, 1.807) is 6.07 Å². The van der Waals surface area contributed by atoms with Crippen molar-refractivity contribution in [1.82, 2.24) is 0 Å². The van der Waals surface area contributed by atoms with E-state index < -0.39 is 0 Å². The minimum Gasteiger partial charge on any atom is -0.237 e. The van der Waals surface area contributed by atoms with Gasteiger partial charge in [0.1, 0.15) is 0 Å². The summed E-state index contributed by atoms with van der Waals surface area (Å²) in [5.41, 5.74) is 0.320. The molecule has 0 aliphatic carbocycles. The fraction of sp³-hybridized carbons (Fsp3) is 0. The third kappa shape index (κ3) is 1.59. The molecule has 0 fully saturated rings. The van der Waals surface area contributed by atoms with Crippen LogP contribution in [0.15, 0.2) is 12.1 Å². The third-order valence-electron chi connectivity index (χ3n) is 1.14. The van der Waals surface area contributed by atoms with E-state index in [2.05, 4.69) is 4.85 Å². The Kier molecular flexibility index (Phi) is 2.62. The van der Waals surface area contributed by atoms with Gasteiger partial charge in [-0.2, -0.15) is 0 Å². The van der Waals surface area contributed by atoms with Gasteiger partial charge < -0.3 is 0 Å². The Balaban J connectivity index is 3.40. The zero-order valence-corrected chi connectivity index (χ0v) is 7.50. The fourth-order valence-corrected chi connectivity index (χ4v) is 1.17. The van der Waals surface area contributed by atoms with Crippen molar-refractivity contribution in [2.45, 2.75) is 0 Å². The van der Waals surface area contributed by atoms with Crippen molar-refractivity contribution in [2.24, 2.45) is 0 Å². The van der Waals surface area contributed by atoms with Gasteiger partial charge in [-0.3, -0.25) is 0 Å². The van der Waals surface area contributed by atoms with Gasteiger partial charge in [-0.15, -0.1) is 0 Å². The van der Waals surface area contributed by atoms with Crippen molar-refractivity contribution >= 4 is 40.5 Å². The zero-order chi connectivity index (χ0) is 8.43. The van der Waals surface area contributed by atoms with E-state index in [4.69, 9.17) is 41.4 Å². The van der Waals surface area contributed by atoms with Crippen molar-refractivity contribution in [3.05, 3.63) is 38.6 Å². The average molecular weight is 206 g/mol. The molecule has 0 aliphatic rings. The molecule has 56 valence electrons. The highest BCUT2D eigenvalue weighted by Gasteiger charge is 2.07. The van der Waals surface area contributed by atoms with Crippen LogP contribution in [-0.2, 0) is 0 Å². The van der Waals surface area contributed by atoms with Crippen LogP contribution in [0.3, 0.4) is 0 Å². The molecule has 1 rings (SSSR count). The van der Waals surface area contributed by atoms with Crippen LogP contribution >= 0.6 is 34.8 Å². The van der Waals surface area contributed by atoms with Crippen LogP contribution in [0.4, 0.5) is 5.69 Å². The number of nitrogens with zero attached hydrogens (tertiary/aromatic N) is 1. The van der Waals surface area contributed by atoms with E-state index in [1.165, 1.54) is 6.07 Å². The van der Waals surface area contributed by atoms with Gasteiger partial charge in [0.15, 0.2) is 0 Å². The van der Waals surface area contributed by atoms with Gasteiger partial charge in [-0.1, -0.05) is 46.9 Å². The molecule has 0 saturated heterocycles. The third-order valence-corrected chi connectivity index (χ3v) is 2.42. The van der Waals surface area contributed by atoms with Crippen molar-refractivity contribution in [3.8, 4) is 0 Å². The van der Waals surface area contributed by atoms with Crippen LogP contribution in [0.1, 0.15) is 0 Å². The fourth-order valence-electron chi connectivity index (χ4n) is 0.602. The molecule has 1 aromatic rings. The number of rotatable bonds is 0. The minimum absolute atomic E-state index is 0.217. The first kappa shape index (κ1) is 8.67. The average Bonchev–Trinajstić information content (AvgIpc) is 2.01. The molecule has 4 heteroatoms. The van der Waals surface area contributed by atoms with Crippen LogP contribution in [0.2, 0.25) is 15.1 Å². The van der Waals surface area contributed by atoms with Gasteiger partial charge in [-0.25, -0.2) is 4.85 Å². The topological polar surface area (TPSA) is 4.36 Å². The Hall–Kier alpha value is -0.420. The molecule has 0 unspecified atom stereocenters. The molecule has 0 spiro atoms. The minimum atomic E-state index is 0.217. The smallest absolute Gasteiger partial charge is 0.207 e. The lowest BCUT2D eigenvalue weighted by atomic mass is 10.3. The van der Waals surface area contributed by atoms with E-state index in [0.717, 1.165) is 0 Å². The molecule has 1 nitrogen and oxygen atoms in total. The van der Waals surface area contributed by atoms with Crippen molar-refractivity contribution in [1.29, 1.82) is 0 Å². The molecule has 0 radical (unpaired) electrons. The molecule has 11 heavy (non-hydrogen) atoms.